The number of hydrogen-bond donors (Lipinski definition) is 3. The van der Waals surface area contributed by atoms with Gasteiger partial charge < -0.3 is 20.5 Å². The number of halogens is 5. The number of β-amino-alcohol motifs (C(OH)–C–C–N with tert-alkyl or cyclic N) is 1. The third-order valence-electron chi connectivity index (χ3n) is 10.1. The lowest BCUT2D eigenvalue weighted by molar-refractivity contribution is -0.167. The van der Waals surface area contributed by atoms with E-state index in [2.05, 4.69) is 16.9 Å². The first-order chi connectivity index (χ1) is 25.2. The van der Waals surface area contributed by atoms with E-state index in [0.29, 0.717) is 27.2 Å². The van der Waals surface area contributed by atoms with Crippen molar-refractivity contribution < 1.29 is 27.8 Å². The number of thiazole rings is 1. The number of allylic oxidation sites excluding steroid dienone is 1. The molecule has 3 aliphatic heterocycles. The monoisotopic (exact) mass is 789 g/mol. The number of hydrazine groups is 1. The van der Waals surface area contributed by atoms with Gasteiger partial charge in [-0.15, -0.1) is 0 Å². The molecule has 3 unspecified atom stereocenters. The smallest absolute Gasteiger partial charge is 0.240 e. The van der Waals surface area contributed by atoms with Crippen molar-refractivity contribution in [3.63, 3.8) is 0 Å². The number of nitrogen functional groups attached to an aromatic ring is 1. The van der Waals surface area contributed by atoms with Crippen molar-refractivity contribution in [3.8, 4) is 0 Å². The van der Waals surface area contributed by atoms with Gasteiger partial charge in [0.1, 0.15) is 12.0 Å². The fraction of sp³-hybridized carbons (Fsp3) is 0.405. The second-order valence-corrected chi connectivity index (χ2v) is 15.9. The second-order valence-electron chi connectivity index (χ2n) is 14.0. The summed E-state index contributed by atoms with van der Waals surface area (Å²) in [5.74, 6) is -4.03. The lowest BCUT2D eigenvalue weighted by Crippen LogP contribution is -2.66. The fourth-order valence-corrected chi connectivity index (χ4v) is 8.79. The van der Waals surface area contributed by atoms with E-state index in [1.807, 2.05) is 48.1 Å². The van der Waals surface area contributed by atoms with E-state index in [-0.39, 0.29) is 48.6 Å². The zero-order valence-electron chi connectivity index (χ0n) is 29.5. The Hall–Kier alpha value is -3.31. The Morgan fingerprint density at radius 2 is 1.92 bits per heavy atom. The summed E-state index contributed by atoms with van der Waals surface area (Å²) in [7, 11) is 0. The van der Waals surface area contributed by atoms with Gasteiger partial charge in [-0.1, -0.05) is 59.3 Å². The Morgan fingerprint density at radius 1 is 1.17 bits per heavy atom. The minimum atomic E-state index is -1.38. The number of nitrogens with two attached hydrogens (primary N) is 1. The number of aliphatic hydroxyl groups excluding tert-OH is 1. The van der Waals surface area contributed by atoms with Gasteiger partial charge in [0.05, 0.1) is 45.6 Å². The number of rotatable bonds is 11. The van der Waals surface area contributed by atoms with Crippen molar-refractivity contribution in [3.05, 3.63) is 98.3 Å². The molecule has 0 bridgehead atoms. The number of nitrogens with one attached hydrogen (secondary N) is 1. The molecule has 0 radical (unpaired) electrons. The molecular weight excluding hydrogens is 750 g/mol. The SMILES string of the molecule is C=C(C)c1c(C)c(F)c(C[C@H]2C(=O)N(Cc3cccc4sc(N)nc34)C[C@H]3N2C(O)CN3N(C(C)C)C2OC2NCc2ccc(Cl)c(Cl)c2)c(F)c1F. The number of nitrogens with zero attached hydrogens (tertiary/aromatic N) is 5. The fourth-order valence-electron chi connectivity index (χ4n) is 7.68. The number of amides is 1. The first kappa shape index (κ1) is 38.0. The van der Waals surface area contributed by atoms with Crippen LogP contribution in [0.25, 0.3) is 15.8 Å². The van der Waals surface area contributed by atoms with Gasteiger partial charge in [-0.2, -0.15) is 0 Å². The van der Waals surface area contributed by atoms with E-state index in [0.717, 1.165) is 15.8 Å². The van der Waals surface area contributed by atoms with Crippen LogP contribution in [0.4, 0.5) is 18.3 Å². The second kappa shape index (κ2) is 14.7. The highest BCUT2D eigenvalue weighted by Gasteiger charge is 2.56. The lowest BCUT2D eigenvalue weighted by Gasteiger charge is -2.47. The highest BCUT2D eigenvalue weighted by Crippen LogP contribution is 2.39. The van der Waals surface area contributed by atoms with Crippen molar-refractivity contribution >= 4 is 61.4 Å². The number of ether oxygens (including phenoxy) is 1. The standard InChI is InChI=1S/C37H40Cl2F3N7O3S/c1-17(2)29-19(5)30(40)22(31(41)32(29)42)12-25-35(51)46(14-21-7-6-8-26-33(21)45-37(43)53-26)15-27-47(16-28(50)48(25)27)49(18(3)4)36-34(52-36)44-13-20-9-10-23(38)24(39)11-20/h6-11,18,25,27-28,34,36,44,50H,1,12-16H2,2-5H3,(H2,43,45)/t25-,27+,28?,34?,36?/m0/s1. The summed E-state index contributed by atoms with van der Waals surface area (Å²) in [6.07, 6.45) is -3.16. The van der Waals surface area contributed by atoms with Crippen LogP contribution in [0.2, 0.25) is 10.0 Å². The molecule has 53 heavy (non-hydrogen) atoms. The van der Waals surface area contributed by atoms with Gasteiger partial charge in [-0.05, 0) is 68.2 Å². The average Bonchev–Trinajstić information content (AvgIpc) is 3.63. The molecule has 7 rings (SSSR count). The molecule has 1 amide bonds. The van der Waals surface area contributed by atoms with Crippen LogP contribution in [0, 0.1) is 24.4 Å². The van der Waals surface area contributed by atoms with E-state index in [1.165, 1.54) is 25.2 Å². The number of aromatic nitrogens is 1. The number of para-hydroxylation sites is 1. The number of fused-ring (bicyclic) bond motifs is 2. The summed E-state index contributed by atoms with van der Waals surface area (Å²) in [5.41, 5.74) is 7.61. The Kier molecular flexibility index (Phi) is 10.6. The third-order valence-corrected chi connectivity index (χ3v) is 11.7. The van der Waals surface area contributed by atoms with Crippen molar-refractivity contribution in [2.75, 3.05) is 18.8 Å². The topological polar surface area (TPSA) is 114 Å². The number of carbonyl (C=O) groups is 1. The molecule has 0 aliphatic carbocycles. The van der Waals surface area contributed by atoms with Crippen molar-refractivity contribution in [1.29, 1.82) is 0 Å². The normalized spacial score (nSPS) is 23.5. The maximum atomic E-state index is 16.0. The predicted molar refractivity (Wildman–Crippen MR) is 200 cm³/mol. The molecule has 0 saturated carbocycles. The van der Waals surface area contributed by atoms with Gasteiger partial charge in [-0.25, -0.2) is 33.1 Å². The molecule has 10 nitrogen and oxygen atoms in total. The van der Waals surface area contributed by atoms with E-state index < -0.39 is 60.0 Å². The summed E-state index contributed by atoms with van der Waals surface area (Å²) in [5, 5.41) is 20.3. The van der Waals surface area contributed by atoms with E-state index in [1.54, 1.807) is 21.9 Å². The maximum absolute atomic E-state index is 16.0. The molecule has 3 aliphatic rings. The lowest BCUT2D eigenvalue weighted by atomic mass is 9.93. The minimum Gasteiger partial charge on any atom is -0.377 e. The van der Waals surface area contributed by atoms with Gasteiger partial charge in [0.25, 0.3) is 0 Å². The molecule has 282 valence electrons. The molecule has 5 atom stereocenters. The number of benzene rings is 3. The Balaban J connectivity index is 1.22. The van der Waals surface area contributed by atoms with Crippen LogP contribution in [0.15, 0.2) is 43.0 Å². The summed E-state index contributed by atoms with van der Waals surface area (Å²) in [4.78, 5) is 22.2. The molecule has 1 aromatic heterocycles. The van der Waals surface area contributed by atoms with Crippen LogP contribution in [0.5, 0.6) is 0 Å². The molecule has 4 heterocycles. The highest BCUT2D eigenvalue weighted by molar-refractivity contribution is 7.22. The van der Waals surface area contributed by atoms with Crippen LogP contribution in [-0.2, 0) is 29.0 Å². The first-order valence-corrected chi connectivity index (χ1v) is 18.8. The number of aliphatic hydroxyl groups is 1. The number of hydrogen-bond acceptors (Lipinski definition) is 10. The zero-order valence-corrected chi connectivity index (χ0v) is 31.9. The molecule has 4 aromatic rings. The molecule has 3 saturated heterocycles. The van der Waals surface area contributed by atoms with Crippen LogP contribution in [-0.4, -0.2) is 85.8 Å². The zero-order chi connectivity index (χ0) is 38.0. The van der Waals surface area contributed by atoms with Gasteiger partial charge in [0.2, 0.25) is 5.91 Å². The maximum Gasteiger partial charge on any atom is 0.240 e. The quantitative estimate of drug-likeness (QED) is 0.120. The summed E-state index contributed by atoms with van der Waals surface area (Å²) in [6.45, 7) is 11.3. The molecule has 3 fully saturated rings. The molecule has 3 aromatic carbocycles. The van der Waals surface area contributed by atoms with Crippen LogP contribution < -0.4 is 11.1 Å². The van der Waals surface area contributed by atoms with E-state index in [4.69, 9.17) is 33.7 Å². The van der Waals surface area contributed by atoms with Gasteiger partial charge >= 0.3 is 0 Å². The number of epoxide rings is 1. The third kappa shape index (κ3) is 7.05. The minimum absolute atomic E-state index is 0.0744. The number of piperazine rings is 1. The van der Waals surface area contributed by atoms with Gasteiger partial charge in [-0.3, -0.25) is 10.1 Å². The molecular formula is C37H40Cl2F3N7O3S. The number of anilines is 1. The summed E-state index contributed by atoms with van der Waals surface area (Å²) in [6, 6.07) is 9.61. The average molecular weight is 791 g/mol. The van der Waals surface area contributed by atoms with Crippen LogP contribution in [0.1, 0.15) is 48.6 Å². The van der Waals surface area contributed by atoms with Crippen molar-refractivity contribution in [2.24, 2.45) is 0 Å². The Bertz CT molecular complexity index is 2080. The Labute approximate surface area is 319 Å². The van der Waals surface area contributed by atoms with Crippen molar-refractivity contribution in [1.82, 2.24) is 30.1 Å². The molecule has 16 heteroatoms. The van der Waals surface area contributed by atoms with Crippen molar-refractivity contribution in [2.45, 2.75) is 84.1 Å². The summed E-state index contributed by atoms with van der Waals surface area (Å²) >= 11 is 13.6. The highest BCUT2D eigenvalue weighted by atomic mass is 35.5. The molecule has 4 N–H and O–H groups in total. The first-order valence-electron chi connectivity index (χ1n) is 17.2. The van der Waals surface area contributed by atoms with Gasteiger partial charge in [0, 0.05) is 36.7 Å². The predicted octanol–water partition coefficient (Wildman–Crippen LogP) is 6.26. The van der Waals surface area contributed by atoms with Crippen LogP contribution >= 0.6 is 34.5 Å². The van der Waals surface area contributed by atoms with Crippen LogP contribution in [0.3, 0.4) is 0 Å². The van der Waals surface area contributed by atoms with E-state index in [9.17, 15) is 9.90 Å². The summed E-state index contributed by atoms with van der Waals surface area (Å²) < 4.78 is 54.2. The van der Waals surface area contributed by atoms with Gasteiger partial charge in [0.15, 0.2) is 29.2 Å². The number of carbonyl (C=O) groups excluding carboxylic acids is 1. The van der Waals surface area contributed by atoms with E-state index >= 15 is 13.2 Å². The Morgan fingerprint density at radius 3 is 2.62 bits per heavy atom. The largest absolute Gasteiger partial charge is 0.377 e. The molecule has 0 spiro atoms.